The first kappa shape index (κ1) is 18.0. The van der Waals surface area contributed by atoms with Crippen LogP contribution in [0, 0.1) is 5.92 Å². The fraction of sp³-hybridized carbons (Fsp3) is 0.500. The van der Waals surface area contributed by atoms with Crippen molar-refractivity contribution < 1.29 is 25.8 Å². The summed E-state index contributed by atoms with van der Waals surface area (Å²) in [6.45, 7) is 0.376. The molecule has 1 unspecified atom stereocenters. The molecule has 2 aromatic rings. The summed E-state index contributed by atoms with van der Waals surface area (Å²) < 4.78 is 60.0. The second kappa shape index (κ2) is 6.15. The van der Waals surface area contributed by atoms with Crippen molar-refractivity contribution in [3.05, 3.63) is 17.7 Å². The van der Waals surface area contributed by atoms with Gasteiger partial charge >= 0.3 is 0 Å². The van der Waals surface area contributed by atoms with Gasteiger partial charge in [0.15, 0.2) is 0 Å². The van der Waals surface area contributed by atoms with Crippen molar-refractivity contribution >= 4 is 37.1 Å². The summed E-state index contributed by atoms with van der Waals surface area (Å²) >= 11 is 0. The highest BCUT2D eigenvalue weighted by Gasteiger charge is 2.26. The molecule has 2 heterocycles. The molecule has 0 spiro atoms. The lowest BCUT2D eigenvalue weighted by atomic mass is 9.96. The van der Waals surface area contributed by atoms with Gasteiger partial charge in [-0.1, -0.05) is 0 Å². The van der Waals surface area contributed by atoms with Gasteiger partial charge < -0.3 is 9.30 Å². The van der Waals surface area contributed by atoms with Crippen LogP contribution in [0.5, 0.6) is 5.75 Å². The lowest BCUT2D eigenvalue weighted by Gasteiger charge is -2.25. The molecule has 0 amide bonds. The maximum absolute atomic E-state index is 11.5. The molecule has 0 aliphatic carbocycles. The van der Waals surface area contributed by atoms with E-state index in [1.807, 2.05) is 0 Å². The third-order valence-corrected chi connectivity index (χ3v) is 4.98. The van der Waals surface area contributed by atoms with Crippen molar-refractivity contribution in [1.29, 1.82) is 0 Å². The van der Waals surface area contributed by atoms with Gasteiger partial charge in [0.25, 0.3) is 10.1 Å². The minimum absolute atomic E-state index is 0.0287. The van der Waals surface area contributed by atoms with Crippen LogP contribution < -0.4 is 9.46 Å². The molecule has 9 nitrogen and oxygen atoms in total. The van der Waals surface area contributed by atoms with Gasteiger partial charge in [0.1, 0.15) is 5.75 Å². The molecule has 0 saturated carbocycles. The van der Waals surface area contributed by atoms with Crippen LogP contribution in [0.15, 0.2) is 12.1 Å². The largest absolute Gasteiger partial charge is 0.493 e. The smallest absolute Gasteiger partial charge is 0.264 e. The molecular formula is C14H19N3O6S2. The first-order chi connectivity index (χ1) is 11.5. The van der Waals surface area contributed by atoms with Gasteiger partial charge in [0, 0.05) is 18.5 Å². The molecule has 25 heavy (non-hydrogen) atoms. The van der Waals surface area contributed by atoms with Crippen LogP contribution >= 0.6 is 0 Å². The first-order valence-electron chi connectivity index (χ1n) is 7.47. The van der Waals surface area contributed by atoms with Crippen molar-refractivity contribution in [1.82, 2.24) is 9.55 Å². The molecule has 1 aliphatic rings. The number of aromatic nitrogens is 2. The van der Waals surface area contributed by atoms with Gasteiger partial charge in [-0.05, 0) is 18.6 Å². The second-order valence-electron chi connectivity index (χ2n) is 6.15. The molecule has 1 atom stereocenters. The molecule has 138 valence electrons. The topological polar surface area (TPSA) is 117 Å². The average molecular weight is 389 g/mol. The number of hydrogen-bond donors (Lipinski definition) is 1. The number of nitrogens with zero attached hydrogens (tertiary/aromatic N) is 2. The highest BCUT2D eigenvalue weighted by molar-refractivity contribution is 7.92. The number of imidazole rings is 1. The molecule has 0 bridgehead atoms. The van der Waals surface area contributed by atoms with Crippen LogP contribution in [-0.4, -0.2) is 52.1 Å². The molecular weight excluding hydrogens is 370 g/mol. The molecule has 1 aromatic heterocycles. The number of hydrogen-bond acceptors (Lipinski definition) is 7. The van der Waals surface area contributed by atoms with Crippen LogP contribution in [0.4, 0.5) is 5.95 Å². The monoisotopic (exact) mass is 389 g/mol. The Kier molecular flexibility index (Phi) is 4.41. The quantitative estimate of drug-likeness (QED) is 0.739. The van der Waals surface area contributed by atoms with E-state index in [1.54, 1.807) is 23.7 Å². The summed E-state index contributed by atoms with van der Waals surface area (Å²) in [6, 6.07) is 3.54. The van der Waals surface area contributed by atoms with Crippen molar-refractivity contribution in [2.24, 2.45) is 13.0 Å². The molecule has 1 N–H and O–H groups in total. The summed E-state index contributed by atoms with van der Waals surface area (Å²) in [5.74, 6) is 0.756. The van der Waals surface area contributed by atoms with E-state index in [1.165, 1.54) is 0 Å². The Morgan fingerprint density at radius 1 is 1.32 bits per heavy atom. The summed E-state index contributed by atoms with van der Waals surface area (Å²) in [6.07, 6.45) is 2.61. The molecule has 1 aliphatic heterocycles. The van der Waals surface area contributed by atoms with E-state index < -0.39 is 20.1 Å². The van der Waals surface area contributed by atoms with Crippen LogP contribution in [0.1, 0.15) is 5.56 Å². The number of rotatable bonds is 5. The van der Waals surface area contributed by atoms with Gasteiger partial charge in [-0.3, -0.25) is 8.91 Å². The number of sulfonamides is 1. The maximum Gasteiger partial charge on any atom is 0.264 e. The second-order valence-corrected chi connectivity index (χ2v) is 9.54. The lowest BCUT2D eigenvalue weighted by molar-refractivity contribution is 0.164. The Balaban J connectivity index is 1.97. The van der Waals surface area contributed by atoms with Gasteiger partial charge in [-0.15, -0.1) is 0 Å². The van der Waals surface area contributed by atoms with Crippen molar-refractivity contribution in [2.45, 2.75) is 6.42 Å². The van der Waals surface area contributed by atoms with E-state index in [0.29, 0.717) is 24.3 Å². The summed E-state index contributed by atoms with van der Waals surface area (Å²) in [5, 5.41) is 0. The number of fused-ring (bicyclic) bond motifs is 3. The van der Waals surface area contributed by atoms with E-state index in [0.717, 1.165) is 23.6 Å². The number of benzene rings is 1. The zero-order valence-corrected chi connectivity index (χ0v) is 15.6. The fourth-order valence-corrected chi connectivity index (χ4v) is 3.79. The van der Waals surface area contributed by atoms with Crippen molar-refractivity contribution in [3.63, 3.8) is 0 Å². The van der Waals surface area contributed by atoms with Gasteiger partial charge in [0.2, 0.25) is 16.0 Å². The lowest BCUT2D eigenvalue weighted by Crippen LogP contribution is -2.26. The molecule has 3 rings (SSSR count). The number of ether oxygens (including phenoxy) is 1. The maximum atomic E-state index is 11.5. The summed E-state index contributed by atoms with van der Waals surface area (Å²) in [4.78, 5) is 4.31. The molecule has 0 fully saturated rings. The van der Waals surface area contributed by atoms with Crippen LogP contribution in [0.3, 0.4) is 0 Å². The Morgan fingerprint density at radius 3 is 2.68 bits per heavy atom. The normalized spacial score (nSPS) is 18.0. The van der Waals surface area contributed by atoms with Crippen molar-refractivity contribution in [3.8, 4) is 5.75 Å². The number of aryl methyl sites for hydroxylation is 1. The predicted molar refractivity (Wildman–Crippen MR) is 92.7 cm³/mol. The van der Waals surface area contributed by atoms with E-state index >= 15 is 0 Å². The van der Waals surface area contributed by atoms with Gasteiger partial charge in [0.05, 0.1) is 36.8 Å². The molecule has 1 aromatic carbocycles. The van der Waals surface area contributed by atoms with E-state index in [4.69, 9.17) is 8.92 Å². The van der Waals surface area contributed by atoms with Gasteiger partial charge in [-0.25, -0.2) is 13.4 Å². The predicted octanol–water partition coefficient (Wildman–Crippen LogP) is 0.472. The Morgan fingerprint density at radius 2 is 2.04 bits per heavy atom. The molecule has 0 radical (unpaired) electrons. The highest BCUT2D eigenvalue weighted by Crippen LogP contribution is 2.35. The van der Waals surface area contributed by atoms with Crippen LogP contribution in [-0.2, 0) is 37.8 Å². The van der Waals surface area contributed by atoms with E-state index in [9.17, 15) is 16.8 Å². The zero-order chi connectivity index (χ0) is 18.4. The number of nitrogens with one attached hydrogen (secondary N) is 1. The van der Waals surface area contributed by atoms with Crippen molar-refractivity contribution in [2.75, 3.05) is 30.4 Å². The molecule has 0 saturated heterocycles. The van der Waals surface area contributed by atoms with Crippen LogP contribution in [0.2, 0.25) is 0 Å². The summed E-state index contributed by atoms with van der Waals surface area (Å²) in [7, 11) is -5.27. The third kappa shape index (κ3) is 4.05. The third-order valence-electron chi connectivity index (χ3n) is 3.86. The Hall–Kier alpha value is -1.85. The number of anilines is 1. The minimum atomic E-state index is -3.52. The Bertz CT molecular complexity index is 1030. The minimum Gasteiger partial charge on any atom is -0.493 e. The average Bonchev–Trinajstić information content (AvgIpc) is 2.79. The summed E-state index contributed by atoms with van der Waals surface area (Å²) in [5.41, 5.74) is 2.22. The van der Waals surface area contributed by atoms with E-state index in [2.05, 4.69) is 9.71 Å². The standard InChI is InChI=1S/C14H19N3O6S2/c1-17-13-10-6-9(8-23-25(3,20)21)7-22-12(10)5-4-11(13)15-14(17)16-24(2,18)19/h4-5,9H,6-8H2,1-3H3,(H,15,16). The molecule has 11 heteroatoms. The zero-order valence-electron chi connectivity index (χ0n) is 14.0. The SMILES string of the molecule is Cn1c(NS(C)(=O)=O)nc2ccc3c(c21)CC(COS(C)(=O)=O)CO3. The van der Waals surface area contributed by atoms with Crippen LogP contribution in [0.25, 0.3) is 11.0 Å². The Labute approximate surface area is 146 Å². The van der Waals surface area contributed by atoms with Gasteiger partial charge in [-0.2, -0.15) is 8.42 Å². The fourth-order valence-electron chi connectivity index (χ4n) is 2.84. The first-order valence-corrected chi connectivity index (χ1v) is 11.2. The highest BCUT2D eigenvalue weighted by atomic mass is 32.2. The van der Waals surface area contributed by atoms with E-state index in [-0.39, 0.29) is 18.5 Å².